The molecular formula is C27H39N. The molecule has 0 bridgehead atoms. The van der Waals surface area contributed by atoms with Gasteiger partial charge < -0.3 is 4.90 Å². The minimum Gasteiger partial charge on any atom is -0.335 e. The van der Waals surface area contributed by atoms with Crippen molar-refractivity contribution in [2.45, 2.75) is 91.0 Å². The quantitative estimate of drug-likeness (QED) is 0.507. The van der Waals surface area contributed by atoms with Gasteiger partial charge >= 0.3 is 0 Å². The van der Waals surface area contributed by atoms with Gasteiger partial charge in [0.1, 0.15) is 0 Å². The molecule has 1 heteroatoms. The highest BCUT2D eigenvalue weighted by atomic mass is 15.2. The molecule has 0 amide bonds. The minimum atomic E-state index is 0.157. The van der Waals surface area contributed by atoms with Crippen LogP contribution in [0.1, 0.15) is 85.6 Å². The van der Waals surface area contributed by atoms with Gasteiger partial charge in [0.25, 0.3) is 0 Å². The van der Waals surface area contributed by atoms with Crippen LogP contribution in [0.5, 0.6) is 0 Å². The van der Waals surface area contributed by atoms with E-state index < -0.39 is 0 Å². The molecule has 0 N–H and O–H groups in total. The average molecular weight is 378 g/mol. The Bertz CT molecular complexity index is 743. The molecule has 152 valence electrons. The Morgan fingerprint density at radius 2 is 1.29 bits per heavy atom. The maximum absolute atomic E-state index is 2.70. The van der Waals surface area contributed by atoms with Crippen LogP contribution in [0.15, 0.2) is 54.6 Å². The number of hydrogen-bond acceptors (Lipinski definition) is 1. The highest BCUT2D eigenvalue weighted by Crippen LogP contribution is 2.52. The first kappa shape index (κ1) is 21.0. The van der Waals surface area contributed by atoms with Crippen molar-refractivity contribution in [1.29, 1.82) is 0 Å². The molecule has 3 rings (SSSR count). The van der Waals surface area contributed by atoms with Crippen molar-refractivity contribution >= 4 is 11.4 Å². The van der Waals surface area contributed by atoms with Crippen LogP contribution in [0.3, 0.4) is 0 Å². The summed E-state index contributed by atoms with van der Waals surface area (Å²) in [5.74, 6) is 0. The zero-order valence-electron chi connectivity index (χ0n) is 18.9. The lowest BCUT2D eigenvalue weighted by atomic mass is 9.62. The second-order valence-electron chi connectivity index (χ2n) is 10.3. The third-order valence-electron chi connectivity index (χ3n) is 7.26. The molecule has 0 saturated heterocycles. The number of hydrogen-bond donors (Lipinski definition) is 0. The van der Waals surface area contributed by atoms with Crippen molar-refractivity contribution in [3.63, 3.8) is 0 Å². The van der Waals surface area contributed by atoms with E-state index in [1.54, 1.807) is 0 Å². The second kappa shape index (κ2) is 7.93. The van der Waals surface area contributed by atoms with E-state index in [4.69, 9.17) is 0 Å². The molecule has 1 fully saturated rings. The summed E-state index contributed by atoms with van der Waals surface area (Å²) in [6.07, 6.45) is 7.75. The Kier molecular flexibility index (Phi) is 5.94. The summed E-state index contributed by atoms with van der Waals surface area (Å²) in [6, 6.07) is 20.5. The Morgan fingerprint density at radius 3 is 1.79 bits per heavy atom. The molecule has 1 saturated carbocycles. The average Bonchev–Trinajstić information content (AvgIpc) is 2.69. The van der Waals surface area contributed by atoms with Gasteiger partial charge in [0.05, 0.1) is 5.54 Å². The van der Waals surface area contributed by atoms with Crippen molar-refractivity contribution < 1.29 is 0 Å². The molecule has 1 aliphatic carbocycles. The highest BCUT2D eigenvalue weighted by molar-refractivity contribution is 5.67. The Balaban J connectivity index is 2.16. The van der Waals surface area contributed by atoms with Gasteiger partial charge in [0.15, 0.2) is 0 Å². The first-order valence-electron chi connectivity index (χ1n) is 11.2. The van der Waals surface area contributed by atoms with E-state index in [9.17, 15) is 0 Å². The van der Waals surface area contributed by atoms with Gasteiger partial charge in [-0.3, -0.25) is 0 Å². The summed E-state index contributed by atoms with van der Waals surface area (Å²) in [7, 11) is 0. The van der Waals surface area contributed by atoms with Crippen LogP contribution in [0.4, 0.5) is 11.4 Å². The molecule has 0 aliphatic heterocycles. The molecule has 2 aromatic carbocycles. The number of benzene rings is 2. The van der Waals surface area contributed by atoms with Crippen LogP contribution < -0.4 is 4.90 Å². The van der Waals surface area contributed by atoms with Gasteiger partial charge in [-0.05, 0) is 59.9 Å². The van der Waals surface area contributed by atoms with Crippen LogP contribution in [0, 0.1) is 5.41 Å². The summed E-state index contributed by atoms with van der Waals surface area (Å²) in [4.78, 5) is 2.70. The fourth-order valence-corrected chi connectivity index (χ4v) is 5.00. The van der Waals surface area contributed by atoms with E-state index >= 15 is 0 Å². The molecule has 0 atom stereocenters. The van der Waals surface area contributed by atoms with Crippen LogP contribution in [0.25, 0.3) is 0 Å². The third kappa shape index (κ3) is 3.86. The largest absolute Gasteiger partial charge is 0.335 e. The maximum atomic E-state index is 2.70. The molecule has 0 radical (unpaired) electrons. The van der Waals surface area contributed by atoms with Crippen molar-refractivity contribution in [3.05, 3.63) is 60.2 Å². The number of nitrogens with zero attached hydrogens (tertiary/aromatic N) is 1. The Hall–Kier alpha value is -1.76. The molecule has 0 heterocycles. The lowest BCUT2D eigenvalue weighted by molar-refractivity contribution is 0.109. The van der Waals surface area contributed by atoms with E-state index in [2.05, 4.69) is 101 Å². The lowest BCUT2D eigenvalue weighted by Crippen LogP contribution is -2.57. The Morgan fingerprint density at radius 1 is 0.750 bits per heavy atom. The fraction of sp³-hybridized carbons (Fsp3) is 0.556. The molecule has 0 aromatic heterocycles. The van der Waals surface area contributed by atoms with Crippen molar-refractivity contribution in [3.8, 4) is 0 Å². The predicted molar refractivity (Wildman–Crippen MR) is 124 cm³/mol. The van der Waals surface area contributed by atoms with Crippen LogP contribution in [-0.2, 0) is 5.41 Å². The van der Waals surface area contributed by atoms with Gasteiger partial charge in [0.2, 0.25) is 0 Å². The van der Waals surface area contributed by atoms with E-state index in [0.717, 1.165) is 0 Å². The zero-order chi connectivity index (χ0) is 20.4. The first-order chi connectivity index (χ1) is 13.2. The van der Waals surface area contributed by atoms with Gasteiger partial charge in [-0.2, -0.15) is 0 Å². The predicted octanol–water partition coefficient (Wildman–Crippen LogP) is 8.26. The van der Waals surface area contributed by atoms with E-state index in [1.165, 1.54) is 55.5 Å². The summed E-state index contributed by atoms with van der Waals surface area (Å²) in [5.41, 5.74) is 4.64. The number of para-hydroxylation sites is 1. The first-order valence-corrected chi connectivity index (χ1v) is 11.2. The smallest absolute Gasteiger partial charge is 0.0502 e. The minimum absolute atomic E-state index is 0.157. The monoisotopic (exact) mass is 377 g/mol. The lowest BCUT2D eigenvalue weighted by Gasteiger charge is -2.56. The topological polar surface area (TPSA) is 3.24 Å². The summed E-state index contributed by atoms with van der Waals surface area (Å²) in [5, 5.41) is 0. The van der Waals surface area contributed by atoms with Gasteiger partial charge in [-0.25, -0.2) is 0 Å². The van der Waals surface area contributed by atoms with Crippen molar-refractivity contribution in [2.75, 3.05) is 4.90 Å². The van der Waals surface area contributed by atoms with Gasteiger partial charge in [-0.1, -0.05) is 91.1 Å². The molecule has 1 nitrogen and oxygen atoms in total. The molecule has 28 heavy (non-hydrogen) atoms. The second-order valence-corrected chi connectivity index (χ2v) is 10.3. The van der Waals surface area contributed by atoms with Crippen LogP contribution in [-0.4, -0.2) is 5.54 Å². The SMILES string of the molecule is CCC(C)(C)C1(N(c2ccccc2)c2ccc(C(C)(C)C)cc2)CCCCC1. The molecule has 2 aromatic rings. The molecular weight excluding hydrogens is 338 g/mol. The standard InChI is InChI=1S/C27H39N/c1-7-26(5,6)27(20-12-9-13-21-27)28(23-14-10-8-11-15-23)24-18-16-22(17-19-24)25(2,3)4/h8,10-11,14-19H,7,9,12-13,20-21H2,1-6H3. The summed E-state index contributed by atoms with van der Waals surface area (Å²) < 4.78 is 0. The van der Waals surface area contributed by atoms with Crippen LogP contribution >= 0.6 is 0 Å². The zero-order valence-corrected chi connectivity index (χ0v) is 18.9. The summed E-state index contributed by atoms with van der Waals surface area (Å²) >= 11 is 0. The van der Waals surface area contributed by atoms with E-state index in [1.807, 2.05) is 0 Å². The Labute approximate surface area is 173 Å². The molecule has 1 aliphatic rings. The maximum Gasteiger partial charge on any atom is 0.0502 e. The van der Waals surface area contributed by atoms with E-state index in [-0.39, 0.29) is 16.4 Å². The van der Waals surface area contributed by atoms with E-state index in [0.29, 0.717) is 0 Å². The fourth-order valence-electron chi connectivity index (χ4n) is 5.00. The normalized spacial score (nSPS) is 17.4. The van der Waals surface area contributed by atoms with Crippen molar-refractivity contribution in [2.24, 2.45) is 5.41 Å². The van der Waals surface area contributed by atoms with Crippen molar-refractivity contribution in [1.82, 2.24) is 0 Å². The highest BCUT2D eigenvalue weighted by Gasteiger charge is 2.49. The number of anilines is 2. The number of rotatable bonds is 5. The van der Waals surface area contributed by atoms with Crippen LogP contribution in [0.2, 0.25) is 0 Å². The molecule has 0 spiro atoms. The summed E-state index contributed by atoms with van der Waals surface area (Å²) in [6.45, 7) is 14.2. The molecule has 0 unspecified atom stereocenters. The van der Waals surface area contributed by atoms with Gasteiger partial charge in [0, 0.05) is 11.4 Å². The van der Waals surface area contributed by atoms with Gasteiger partial charge in [-0.15, -0.1) is 0 Å². The third-order valence-corrected chi connectivity index (χ3v) is 7.26.